The molecule has 0 fully saturated rings. The highest BCUT2D eigenvalue weighted by atomic mass is 16.5. The van der Waals surface area contributed by atoms with Crippen LogP contribution in [0.2, 0.25) is 0 Å². The predicted octanol–water partition coefficient (Wildman–Crippen LogP) is 3.41. The van der Waals surface area contributed by atoms with Gasteiger partial charge in [-0.05, 0) is 30.9 Å². The smallest absolute Gasteiger partial charge is 0.0803 e. The fourth-order valence-corrected chi connectivity index (χ4v) is 1.55. The van der Waals surface area contributed by atoms with E-state index in [1.54, 1.807) is 6.08 Å². The molecule has 76 valence electrons. The van der Waals surface area contributed by atoms with E-state index >= 15 is 0 Å². The van der Waals surface area contributed by atoms with Gasteiger partial charge in [0.15, 0.2) is 0 Å². The summed E-state index contributed by atoms with van der Waals surface area (Å²) < 4.78 is 5.63. The van der Waals surface area contributed by atoms with Crippen LogP contribution in [-0.4, -0.2) is 12.7 Å². The minimum absolute atomic E-state index is 0.114. The van der Waals surface area contributed by atoms with E-state index in [1.165, 1.54) is 5.57 Å². The van der Waals surface area contributed by atoms with E-state index in [0.717, 1.165) is 18.4 Å². The Hall–Kier alpha value is -1.08. The zero-order valence-corrected chi connectivity index (χ0v) is 8.83. The van der Waals surface area contributed by atoms with Crippen molar-refractivity contribution >= 4 is 0 Å². The number of hydrogen-bond acceptors (Lipinski definition) is 1. The second kappa shape index (κ2) is 5.61. The van der Waals surface area contributed by atoms with E-state index in [0.29, 0.717) is 6.61 Å². The van der Waals surface area contributed by atoms with Crippen molar-refractivity contribution in [2.75, 3.05) is 6.61 Å². The molecule has 0 amide bonds. The highest BCUT2D eigenvalue weighted by molar-refractivity contribution is 5.34. The molecule has 1 aliphatic rings. The number of ether oxygens (including phenoxy) is 1. The third-order valence-corrected chi connectivity index (χ3v) is 2.37. The van der Waals surface area contributed by atoms with Gasteiger partial charge in [0.1, 0.15) is 0 Å². The summed E-state index contributed by atoms with van der Waals surface area (Å²) in [7, 11) is 0. The second-order valence-electron chi connectivity index (χ2n) is 3.45. The standard InChI is InChI=1S/C13H18O/c1-4-8-13-11(2)9-6-5-7-10-14-12(13)3/h4-5,7-8,12H,1-2,6,9-10H2,3H3/b7-5-,13-8-. The lowest BCUT2D eigenvalue weighted by Gasteiger charge is -2.16. The van der Waals surface area contributed by atoms with Crippen molar-refractivity contribution in [2.45, 2.75) is 25.9 Å². The van der Waals surface area contributed by atoms with Crippen LogP contribution >= 0.6 is 0 Å². The molecule has 0 radical (unpaired) electrons. The van der Waals surface area contributed by atoms with E-state index < -0.39 is 0 Å². The third kappa shape index (κ3) is 3.00. The lowest BCUT2D eigenvalue weighted by molar-refractivity contribution is 0.116. The fourth-order valence-electron chi connectivity index (χ4n) is 1.55. The lowest BCUT2D eigenvalue weighted by atomic mass is 9.98. The molecule has 0 N–H and O–H groups in total. The van der Waals surface area contributed by atoms with Gasteiger partial charge in [-0.2, -0.15) is 0 Å². The summed E-state index contributed by atoms with van der Waals surface area (Å²) in [5, 5.41) is 0. The van der Waals surface area contributed by atoms with Crippen LogP contribution in [-0.2, 0) is 4.74 Å². The predicted molar refractivity (Wildman–Crippen MR) is 61.2 cm³/mol. The van der Waals surface area contributed by atoms with E-state index in [2.05, 4.69) is 32.2 Å². The van der Waals surface area contributed by atoms with Crippen LogP contribution in [0.4, 0.5) is 0 Å². The molecule has 0 aromatic carbocycles. The fraction of sp³-hybridized carbons (Fsp3) is 0.385. The maximum Gasteiger partial charge on any atom is 0.0803 e. The molecule has 0 saturated carbocycles. The molecule has 1 heterocycles. The minimum atomic E-state index is 0.114. The molecule has 1 rings (SSSR count). The molecule has 0 aliphatic carbocycles. The van der Waals surface area contributed by atoms with E-state index in [-0.39, 0.29) is 6.10 Å². The molecule has 1 atom stereocenters. The summed E-state index contributed by atoms with van der Waals surface area (Å²) >= 11 is 0. The lowest BCUT2D eigenvalue weighted by Crippen LogP contribution is -2.12. The molecular weight excluding hydrogens is 172 g/mol. The first-order chi connectivity index (χ1) is 6.75. The van der Waals surface area contributed by atoms with Crippen molar-refractivity contribution in [3.05, 3.63) is 48.6 Å². The van der Waals surface area contributed by atoms with Crippen molar-refractivity contribution in [3.8, 4) is 0 Å². The summed E-state index contributed by atoms with van der Waals surface area (Å²) in [5.74, 6) is 0. The Labute approximate surface area is 86.5 Å². The Kier molecular flexibility index (Phi) is 4.41. The first kappa shape index (κ1) is 11.0. The Balaban J connectivity index is 2.82. The van der Waals surface area contributed by atoms with Crippen molar-refractivity contribution < 1.29 is 4.74 Å². The van der Waals surface area contributed by atoms with Crippen molar-refractivity contribution in [2.24, 2.45) is 0 Å². The maximum atomic E-state index is 5.63. The summed E-state index contributed by atoms with van der Waals surface area (Å²) in [6, 6.07) is 0. The Morgan fingerprint density at radius 3 is 3.00 bits per heavy atom. The monoisotopic (exact) mass is 190 g/mol. The summed E-state index contributed by atoms with van der Waals surface area (Å²) in [4.78, 5) is 0. The summed E-state index contributed by atoms with van der Waals surface area (Å²) in [6.45, 7) is 10.5. The van der Waals surface area contributed by atoms with Gasteiger partial charge in [0, 0.05) is 0 Å². The van der Waals surface area contributed by atoms with Crippen LogP contribution < -0.4 is 0 Å². The number of hydrogen-bond donors (Lipinski definition) is 0. The van der Waals surface area contributed by atoms with Gasteiger partial charge < -0.3 is 4.74 Å². The van der Waals surface area contributed by atoms with Gasteiger partial charge >= 0.3 is 0 Å². The van der Waals surface area contributed by atoms with Gasteiger partial charge in [0.2, 0.25) is 0 Å². The minimum Gasteiger partial charge on any atom is -0.370 e. The average Bonchev–Trinajstić information content (AvgIpc) is 2.24. The van der Waals surface area contributed by atoms with Gasteiger partial charge in [0.25, 0.3) is 0 Å². The van der Waals surface area contributed by atoms with Gasteiger partial charge in [-0.15, -0.1) is 0 Å². The maximum absolute atomic E-state index is 5.63. The Morgan fingerprint density at radius 1 is 1.50 bits per heavy atom. The Morgan fingerprint density at radius 2 is 2.29 bits per heavy atom. The van der Waals surface area contributed by atoms with Crippen LogP contribution in [0.25, 0.3) is 0 Å². The molecule has 0 aromatic rings. The van der Waals surface area contributed by atoms with Crippen molar-refractivity contribution in [1.82, 2.24) is 0 Å². The topological polar surface area (TPSA) is 9.23 Å². The van der Waals surface area contributed by atoms with Crippen molar-refractivity contribution in [3.63, 3.8) is 0 Å². The zero-order valence-electron chi connectivity index (χ0n) is 8.83. The second-order valence-corrected chi connectivity index (χ2v) is 3.45. The first-order valence-electron chi connectivity index (χ1n) is 5.03. The largest absolute Gasteiger partial charge is 0.370 e. The zero-order chi connectivity index (χ0) is 10.4. The molecule has 1 heteroatoms. The molecule has 1 unspecified atom stereocenters. The number of allylic oxidation sites excluding steroid dienone is 3. The average molecular weight is 190 g/mol. The van der Waals surface area contributed by atoms with Crippen LogP contribution in [0, 0.1) is 0 Å². The van der Waals surface area contributed by atoms with E-state index in [1.807, 2.05) is 6.08 Å². The normalized spacial score (nSPS) is 29.1. The number of rotatable bonds is 1. The quantitative estimate of drug-likeness (QED) is 0.576. The molecular formula is C13H18O. The molecule has 0 saturated heterocycles. The van der Waals surface area contributed by atoms with Crippen LogP contribution in [0.1, 0.15) is 19.8 Å². The molecule has 0 aromatic heterocycles. The van der Waals surface area contributed by atoms with E-state index in [9.17, 15) is 0 Å². The highest BCUT2D eigenvalue weighted by Crippen LogP contribution is 2.21. The first-order valence-corrected chi connectivity index (χ1v) is 5.03. The van der Waals surface area contributed by atoms with Crippen LogP contribution in [0.5, 0.6) is 0 Å². The highest BCUT2D eigenvalue weighted by Gasteiger charge is 2.11. The van der Waals surface area contributed by atoms with Gasteiger partial charge in [-0.1, -0.05) is 37.5 Å². The van der Waals surface area contributed by atoms with Crippen LogP contribution in [0.3, 0.4) is 0 Å². The van der Waals surface area contributed by atoms with Gasteiger partial charge in [0.05, 0.1) is 12.7 Å². The van der Waals surface area contributed by atoms with E-state index in [4.69, 9.17) is 4.74 Å². The third-order valence-electron chi connectivity index (χ3n) is 2.37. The molecule has 1 aliphatic heterocycles. The Bertz CT molecular complexity index is 271. The molecule has 1 nitrogen and oxygen atoms in total. The molecule has 0 spiro atoms. The summed E-state index contributed by atoms with van der Waals surface area (Å²) in [5.41, 5.74) is 2.33. The van der Waals surface area contributed by atoms with Crippen LogP contribution in [0.15, 0.2) is 48.6 Å². The van der Waals surface area contributed by atoms with Gasteiger partial charge in [-0.25, -0.2) is 0 Å². The van der Waals surface area contributed by atoms with Gasteiger partial charge in [-0.3, -0.25) is 0 Å². The summed E-state index contributed by atoms with van der Waals surface area (Å²) in [6.07, 6.45) is 10.2. The molecule has 0 bridgehead atoms. The van der Waals surface area contributed by atoms with Crippen molar-refractivity contribution in [1.29, 1.82) is 0 Å². The molecule has 14 heavy (non-hydrogen) atoms. The SMILES string of the molecule is C=C/C=C1/C(=C)CC/C=C\COC1C.